The van der Waals surface area contributed by atoms with E-state index in [9.17, 15) is 4.79 Å². The molecule has 204 valence electrons. The number of rotatable bonds is 25. The summed E-state index contributed by atoms with van der Waals surface area (Å²) in [5, 5.41) is 0. The number of hydrogen-bond acceptors (Lipinski definition) is 2. The summed E-state index contributed by atoms with van der Waals surface area (Å²) in [6.07, 6.45) is 36.5. The van der Waals surface area contributed by atoms with Crippen LogP contribution in [0.15, 0.2) is 17.4 Å². The van der Waals surface area contributed by atoms with Gasteiger partial charge in [-0.15, -0.1) is 0 Å². The van der Waals surface area contributed by atoms with Gasteiger partial charge in [-0.25, -0.2) is 9.79 Å². The molecule has 1 amide bonds. The van der Waals surface area contributed by atoms with Gasteiger partial charge in [0.05, 0.1) is 19.7 Å². The van der Waals surface area contributed by atoms with E-state index >= 15 is 0 Å². The number of carbonyl (C=O) groups excluding carboxylic acids is 1. The highest BCUT2D eigenvalue weighted by Gasteiger charge is 2.37. The fraction of sp³-hybridized carbons (Fsp3) is 0.875. The summed E-state index contributed by atoms with van der Waals surface area (Å²) >= 11 is 0. The summed E-state index contributed by atoms with van der Waals surface area (Å²) in [7, 11) is 2.04. The first-order valence-electron chi connectivity index (χ1n) is 15.8. The van der Waals surface area contributed by atoms with Gasteiger partial charge < -0.3 is 0 Å². The van der Waals surface area contributed by atoms with Crippen molar-refractivity contribution in [2.24, 2.45) is 4.99 Å². The number of aliphatic imine (C=N–C) groups is 1. The molecule has 0 aromatic heterocycles. The van der Waals surface area contributed by atoms with Crippen LogP contribution in [0.2, 0.25) is 0 Å². The van der Waals surface area contributed by atoms with Crippen LogP contribution in [0.1, 0.15) is 174 Å². The molecule has 1 rings (SSSR count). The maximum atomic E-state index is 13.0. The van der Waals surface area contributed by atoms with E-state index in [0.29, 0.717) is 16.8 Å². The van der Waals surface area contributed by atoms with E-state index in [0.717, 1.165) is 25.1 Å². The second-order valence-electron chi connectivity index (χ2n) is 11.2. The maximum Gasteiger partial charge on any atom is 0.324 e. The Morgan fingerprint density at radius 2 is 0.971 bits per heavy atom. The van der Waals surface area contributed by atoms with Crippen molar-refractivity contribution in [1.29, 1.82) is 0 Å². The van der Waals surface area contributed by atoms with Crippen molar-refractivity contribution in [3.63, 3.8) is 0 Å². The van der Waals surface area contributed by atoms with Gasteiger partial charge in [-0.3, -0.25) is 0 Å². The third-order valence-electron chi connectivity index (χ3n) is 7.89. The highest BCUT2D eigenvalue weighted by Crippen LogP contribution is 2.22. The van der Waals surface area contributed by atoms with Crippen molar-refractivity contribution < 1.29 is 9.28 Å². The number of unbranched alkanes of at least 4 members (excludes halogenated alkanes) is 21. The molecular weight excluding hydrogens is 428 g/mol. The summed E-state index contributed by atoms with van der Waals surface area (Å²) in [6, 6.07) is 0. The van der Waals surface area contributed by atoms with Crippen LogP contribution in [-0.2, 0) is 4.79 Å². The molecule has 0 aromatic carbocycles. The molecule has 1 aliphatic heterocycles. The van der Waals surface area contributed by atoms with Gasteiger partial charge in [0.1, 0.15) is 6.20 Å². The number of quaternary nitrogens is 1. The maximum absolute atomic E-state index is 13.0. The molecular formula is C32H61N2O+. The Morgan fingerprint density at radius 1 is 0.600 bits per heavy atom. The van der Waals surface area contributed by atoms with Crippen LogP contribution in [0.3, 0.4) is 0 Å². The lowest BCUT2D eigenvalue weighted by atomic mass is 10.0. The summed E-state index contributed by atoms with van der Waals surface area (Å²) in [4.78, 5) is 17.5. The zero-order chi connectivity index (χ0) is 25.5. The van der Waals surface area contributed by atoms with Crippen molar-refractivity contribution in [3.05, 3.63) is 12.4 Å². The van der Waals surface area contributed by atoms with Gasteiger partial charge in [-0.1, -0.05) is 149 Å². The Morgan fingerprint density at radius 3 is 1.40 bits per heavy atom. The topological polar surface area (TPSA) is 29.4 Å². The molecule has 35 heavy (non-hydrogen) atoms. The van der Waals surface area contributed by atoms with Gasteiger partial charge in [0.2, 0.25) is 5.84 Å². The lowest BCUT2D eigenvalue weighted by Crippen LogP contribution is -2.47. The standard InChI is InChI=1S/C32H61N2O/c1-4-6-8-10-12-14-15-16-17-18-19-20-21-23-25-27-31-33-29-30-34(31,3)32(35)28-26-24-22-13-11-9-7-5-2/h29-30H,4-28H2,1-3H3/q+1. The van der Waals surface area contributed by atoms with E-state index in [1.54, 1.807) is 0 Å². The Kier molecular flexibility index (Phi) is 20.4. The molecule has 0 fully saturated rings. The molecule has 0 spiro atoms. The molecule has 0 saturated carbocycles. The van der Waals surface area contributed by atoms with Crippen molar-refractivity contribution >= 4 is 11.7 Å². The molecule has 3 heteroatoms. The summed E-state index contributed by atoms with van der Waals surface area (Å²) < 4.78 is 0.328. The van der Waals surface area contributed by atoms with E-state index in [-0.39, 0.29) is 0 Å². The first-order chi connectivity index (χ1) is 17.1. The van der Waals surface area contributed by atoms with Crippen molar-refractivity contribution in [2.45, 2.75) is 174 Å². The van der Waals surface area contributed by atoms with E-state index in [4.69, 9.17) is 0 Å². The van der Waals surface area contributed by atoms with Crippen LogP contribution in [-0.4, -0.2) is 23.3 Å². The minimum atomic E-state index is 0.324. The first kappa shape index (κ1) is 32.1. The van der Waals surface area contributed by atoms with E-state index < -0.39 is 0 Å². The van der Waals surface area contributed by atoms with E-state index in [1.807, 2.05) is 19.4 Å². The monoisotopic (exact) mass is 489 g/mol. The molecule has 0 radical (unpaired) electrons. The van der Waals surface area contributed by atoms with Gasteiger partial charge in [-0.2, -0.15) is 4.48 Å². The molecule has 1 aliphatic rings. The van der Waals surface area contributed by atoms with Crippen LogP contribution < -0.4 is 0 Å². The quantitative estimate of drug-likeness (QED) is 0.0926. The number of amides is 1. The van der Waals surface area contributed by atoms with Gasteiger partial charge in [0.25, 0.3) is 0 Å². The first-order valence-corrected chi connectivity index (χ1v) is 15.8. The van der Waals surface area contributed by atoms with Crippen LogP contribution in [0.5, 0.6) is 0 Å². The molecule has 1 atom stereocenters. The Hall–Kier alpha value is -0.960. The van der Waals surface area contributed by atoms with Gasteiger partial charge in [0, 0.05) is 6.42 Å². The Labute approximate surface area is 219 Å². The van der Waals surface area contributed by atoms with Crippen molar-refractivity contribution in [2.75, 3.05) is 7.05 Å². The molecule has 0 N–H and O–H groups in total. The zero-order valence-electron chi connectivity index (χ0n) is 24.1. The summed E-state index contributed by atoms with van der Waals surface area (Å²) in [5.74, 6) is 1.38. The van der Waals surface area contributed by atoms with Gasteiger partial charge in [-0.05, 0) is 12.8 Å². The minimum absolute atomic E-state index is 0.324. The number of carbonyl (C=O) groups is 1. The molecule has 0 bridgehead atoms. The van der Waals surface area contributed by atoms with Gasteiger partial charge in [0.15, 0.2) is 0 Å². The predicted octanol–water partition coefficient (Wildman–Crippen LogP) is 10.6. The van der Waals surface area contributed by atoms with Crippen LogP contribution in [0.4, 0.5) is 0 Å². The van der Waals surface area contributed by atoms with Crippen LogP contribution in [0, 0.1) is 0 Å². The molecule has 0 aromatic rings. The molecule has 0 aliphatic carbocycles. The average Bonchev–Trinajstić information content (AvgIpc) is 3.24. The summed E-state index contributed by atoms with van der Waals surface area (Å²) in [5.41, 5.74) is 0. The number of nitrogens with zero attached hydrogens (tertiary/aromatic N) is 2. The second kappa shape index (κ2) is 22.3. The predicted molar refractivity (Wildman–Crippen MR) is 155 cm³/mol. The largest absolute Gasteiger partial charge is 0.324 e. The third-order valence-corrected chi connectivity index (χ3v) is 7.89. The smallest absolute Gasteiger partial charge is 0.230 e. The van der Waals surface area contributed by atoms with Crippen LogP contribution >= 0.6 is 0 Å². The fourth-order valence-electron chi connectivity index (χ4n) is 5.28. The van der Waals surface area contributed by atoms with E-state index in [1.165, 1.54) is 135 Å². The van der Waals surface area contributed by atoms with Gasteiger partial charge >= 0.3 is 5.91 Å². The van der Waals surface area contributed by atoms with Crippen LogP contribution in [0.25, 0.3) is 0 Å². The zero-order valence-corrected chi connectivity index (χ0v) is 24.1. The highest BCUT2D eigenvalue weighted by molar-refractivity contribution is 5.90. The normalized spacial score (nSPS) is 17.3. The van der Waals surface area contributed by atoms with Crippen molar-refractivity contribution in [1.82, 2.24) is 0 Å². The Bertz CT molecular complexity index is 568. The Balaban J connectivity index is 1.99. The number of hydrogen-bond donors (Lipinski definition) is 0. The second-order valence-corrected chi connectivity index (χ2v) is 11.2. The lowest BCUT2D eigenvalue weighted by molar-refractivity contribution is -0.683. The molecule has 3 nitrogen and oxygen atoms in total. The SMILES string of the molecule is CCCCCCCCCCCCCCCCCC1=NC=C[N+]1(C)C(=O)CCCCCCCCCC. The molecule has 1 heterocycles. The van der Waals surface area contributed by atoms with Crippen molar-refractivity contribution in [3.8, 4) is 0 Å². The minimum Gasteiger partial charge on any atom is -0.230 e. The summed E-state index contributed by atoms with van der Waals surface area (Å²) in [6.45, 7) is 4.55. The lowest BCUT2D eigenvalue weighted by Gasteiger charge is -2.25. The fourth-order valence-corrected chi connectivity index (χ4v) is 5.28. The highest BCUT2D eigenvalue weighted by atomic mass is 16.2. The third kappa shape index (κ3) is 15.7. The average molecular weight is 490 g/mol. The molecule has 0 saturated heterocycles. The molecule has 1 unspecified atom stereocenters. The van der Waals surface area contributed by atoms with E-state index in [2.05, 4.69) is 18.8 Å². The number of amidine groups is 1.